The first kappa shape index (κ1) is 22.9. The van der Waals surface area contributed by atoms with E-state index in [4.69, 9.17) is 4.52 Å². The van der Waals surface area contributed by atoms with Crippen LogP contribution in [-0.2, 0) is 6.18 Å². The summed E-state index contributed by atoms with van der Waals surface area (Å²) >= 11 is 0. The van der Waals surface area contributed by atoms with Gasteiger partial charge in [-0.15, -0.1) is 0 Å². The number of benzene rings is 2. The van der Waals surface area contributed by atoms with Crippen molar-refractivity contribution in [3.8, 4) is 11.3 Å². The zero-order chi connectivity index (χ0) is 24.6. The molecule has 4 rings (SSSR count). The Bertz CT molecular complexity index is 1430. The summed E-state index contributed by atoms with van der Waals surface area (Å²) in [4.78, 5) is 29.2. The van der Waals surface area contributed by atoms with E-state index in [1.807, 2.05) is 0 Å². The highest BCUT2D eigenvalue weighted by molar-refractivity contribution is 6.13. The van der Waals surface area contributed by atoms with Gasteiger partial charge < -0.3 is 15.2 Å². The van der Waals surface area contributed by atoms with Gasteiger partial charge in [0.15, 0.2) is 0 Å². The maximum absolute atomic E-state index is 14.0. The second kappa shape index (κ2) is 8.58. The van der Waals surface area contributed by atoms with Crippen molar-refractivity contribution in [1.82, 2.24) is 15.5 Å². The quantitative estimate of drug-likeness (QED) is 0.409. The summed E-state index contributed by atoms with van der Waals surface area (Å²) in [5.41, 5.74) is -1.39. The lowest BCUT2D eigenvalue weighted by molar-refractivity contribution is -0.137. The van der Waals surface area contributed by atoms with Gasteiger partial charge in [-0.05, 0) is 37.3 Å². The maximum atomic E-state index is 14.0. The Kier molecular flexibility index (Phi) is 5.78. The molecule has 0 unspecified atom stereocenters. The third-order valence-corrected chi connectivity index (χ3v) is 5.07. The summed E-state index contributed by atoms with van der Waals surface area (Å²) in [6, 6.07) is 9.41. The van der Waals surface area contributed by atoms with Gasteiger partial charge in [0.1, 0.15) is 5.82 Å². The molecule has 34 heavy (non-hydrogen) atoms. The van der Waals surface area contributed by atoms with Crippen LogP contribution < -0.4 is 10.6 Å². The predicted molar refractivity (Wildman–Crippen MR) is 115 cm³/mol. The molecule has 0 saturated heterocycles. The summed E-state index contributed by atoms with van der Waals surface area (Å²) in [6.45, 7) is 1.55. The molecule has 11 heteroatoms. The lowest BCUT2D eigenvalue weighted by atomic mass is 10.0. The van der Waals surface area contributed by atoms with Crippen molar-refractivity contribution < 1.29 is 31.7 Å². The van der Waals surface area contributed by atoms with E-state index < -0.39 is 29.4 Å². The Morgan fingerprint density at radius 1 is 1.00 bits per heavy atom. The van der Waals surface area contributed by atoms with Gasteiger partial charge in [-0.2, -0.15) is 13.2 Å². The van der Waals surface area contributed by atoms with E-state index in [9.17, 15) is 27.2 Å². The van der Waals surface area contributed by atoms with E-state index >= 15 is 0 Å². The minimum absolute atomic E-state index is 0.0541. The molecule has 2 aromatic heterocycles. The van der Waals surface area contributed by atoms with Gasteiger partial charge in [-0.1, -0.05) is 23.4 Å². The Morgan fingerprint density at radius 3 is 2.44 bits per heavy atom. The van der Waals surface area contributed by atoms with Gasteiger partial charge >= 0.3 is 6.18 Å². The second-order valence-corrected chi connectivity index (χ2v) is 7.27. The first-order valence-corrected chi connectivity index (χ1v) is 9.86. The molecule has 2 amide bonds. The number of halogens is 4. The fraction of sp³-hybridized carbons (Fsp3) is 0.130. The second-order valence-electron chi connectivity index (χ2n) is 7.27. The highest BCUT2D eigenvalue weighted by atomic mass is 19.4. The molecule has 2 heterocycles. The van der Waals surface area contributed by atoms with Crippen LogP contribution in [-0.4, -0.2) is 29.0 Å². The molecule has 174 valence electrons. The average molecular weight is 472 g/mol. The van der Waals surface area contributed by atoms with Crippen molar-refractivity contribution in [2.45, 2.75) is 13.1 Å². The number of aryl methyl sites for hydroxylation is 1. The summed E-state index contributed by atoms with van der Waals surface area (Å²) in [5.74, 6) is -2.22. The molecule has 0 radical (unpaired) electrons. The molecule has 2 aromatic carbocycles. The number of anilines is 1. The molecule has 0 bridgehead atoms. The maximum Gasteiger partial charge on any atom is 0.417 e. The molecule has 7 nitrogen and oxygen atoms in total. The number of amides is 2. The number of carbonyl (C=O) groups excluding carboxylic acids is 2. The Hall–Kier alpha value is -4.28. The van der Waals surface area contributed by atoms with E-state index in [0.29, 0.717) is 5.69 Å². The van der Waals surface area contributed by atoms with Crippen LogP contribution in [0, 0.1) is 12.7 Å². The highest BCUT2D eigenvalue weighted by Gasteiger charge is 2.34. The van der Waals surface area contributed by atoms with Crippen molar-refractivity contribution in [3.05, 3.63) is 76.7 Å². The number of hydrogen-bond donors (Lipinski definition) is 2. The number of hydrogen-bond acceptors (Lipinski definition) is 5. The lowest BCUT2D eigenvalue weighted by Gasteiger charge is -2.13. The normalized spacial score (nSPS) is 11.5. The molecule has 0 aliphatic carbocycles. The van der Waals surface area contributed by atoms with E-state index in [2.05, 4.69) is 20.8 Å². The zero-order valence-corrected chi connectivity index (χ0v) is 17.7. The number of nitrogens with one attached hydrogen (secondary N) is 2. The summed E-state index contributed by atoms with van der Waals surface area (Å²) in [7, 11) is 1.33. The molecule has 0 fully saturated rings. The van der Waals surface area contributed by atoms with Crippen molar-refractivity contribution in [3.63, 3.8) is 0 Å². The van der Waals surface area contributed by atoms with E-state index in [1.165, 1.54) is 37.4 Å². The largest absolute Gasteiger partial charge is 0.417 e. The number of aromatic nitrogens is 2. The van der Waals surface area contributed by atoms with Gasteiger partial charge in [0, 0.05) is 18.3 Å². The third kappa shape index (κ3) is 4.19. The molecule has 2 N–H and O–H groups in total. The van der Waals surface area contributed by atoms with E-state index in [-0.39, 0.29) is 39.2 Å². The number of carbonyl (C=O) groups is 2. The predicted octanol–water partition coefficient (Wildman–Crippen LogP) is 4.97. The average Bonchev–Trinajstić information content (AvgIpc) is 3.19. The molecular weight excluding hydrogens is 456 g/mol. The molecule has 0 aliphatic heterocycles. The van der Waals surface area contributed by atoms with Crippen LogP contribution in [0.5, 0.6) is 0 Å². The number of nitrogens with zero attached hydrogens (tertiary/aromatic N) is 2. The molecule has 4 aromatic rings. The highest BCUT2D eigenvalue weighted by Crippen LogP contribution is 2.37. The first-order valence-electron chi connectivity index (χ1n) is 9.86. The van der Waals surface area contributed by atoms with Crippen LogP contribution in [0.15, 0.2) is 53.1 Å². The van der Waals surface area contributed by atoms with E-state index in [1.54, 1.807) is 6.92 Å². The van der Waals surface area contributed by atoms with Crippen LogP contribution in [0.1, 0.15) is 32.0 Å². The monoisotopic (exact) mass is 472 g/mol. The van der Waals surface area contributed by atoms with Crippen molar-refractivity contribution in [2.75, 3.05) is 12.4 Å². The Morgan fingerprint density at radius 2 is 1.74 bits per heavy atom. The van der Waals surface area contributed by atoms with Gasteiger partial charge in [0.2, 0.25) is 0 Å². The van der Waals surface area contributed by atoms with Crippen molar-refractivity contribution in [2.24, 2.45) is 0 Å². The standard InChI is InChI=1S/C23H16F4N4O3/c1-11-19-15(21(33)29-12-7-8-17(24)14(9-12)20(32)28-2)10-18(30-22(19)34-31-11)13-5-3-4-6-16(13)23(25,26)27/h3-10H,1-2H3,(H,28,32)(H,29,33). The smallest absolute Gasteiger partial charge is 0.355 e. The van der Waals surface area contributed by atoms with Gasteiger partial charge in [-0.25, -0.2) is 9.37 Å². The summed E-state index contributed by atoms with van der Waals surface area (Å²) < 4.78 is 59.8. The fourth-order valence-electron chi connectivity index (χ4n) is 3.48. The van der Waals surface area contributed by atoms with Crippen LogP contribution in [0.4, 0.5) is 23.2 Å². The minimum Gasteiger partial charge on any atom is -0.355 e. The number of pyridine rings is 1. The number of alkyl halides is 3. The molecule has 0 atom stereocenters. The zero-order valence-electron chi connectivity index (χ0n) is 17.7. The van der Waals surface area contributed by atoms with Gasteiger partial charge in [0.05, 0.1) is 33.5 Å². The number of fused-ring (bicyclic) bond motifs is 1. The molecule has 0 saturated carbocycles. The van der Waals surface area contributed by atoms with E-state index in [0.717, 1.165) is 18.2 Å². The Labute approximate surface area is 189 Å². The van der Waals surface area contributed by atoms with Crippen LogP contribution >= 0.6 is 0 Å². The number of rotatable bonds is 4. The molecule has 0 aliphatic rings. The van der Waals surface area contributed by atoms with Crippen LogP contribution in [0.2, 0.25) is 0 Å². The minimum atomic E-state index is -4.66. The lowest BCUT2D eigenvalue weighted by Crippen LogP contribution is -2.20. The summed E-state index contributed by atoms with van der Waals surface area (Å²) in [5, 5.41) is 8.80. The third-order valence-electron chi connectivity index (χ3n) is 5.07. The molecular formula is C23H16F4N4O3. The topological polar surface area (TPSA) is 97.1 Å². The molecule has 0 spiro atoms. The fourth-order valence-corrected chi connectivity index (χ4v) is 3.48. The van der Waals surface area contributed by atoms with Crippen LogP contribution in [0.3, 0.4) is 0 Å². The van der Waals surface area contributed by atoms with Crippen molar-refractivity contribution in [1.29, 1.82) is 0 Å². The van der Waals surface area contributed by atoms with Gasteiger partial charge in [0.25, 0.3) is 17.5 Å². The first-order chi connectivity index (χ1) is 16.1. The summed E-state index contributed by atoms with van der Waals surface area (Å²) in [6.07, 6.45) is -4.66. The SMILES string of the molecule is CNC(=O)c1cc(NC(=O)c2cc(-c3ccccc3C(F)(F)F)nc3onc(C)c23)ccc1F. The van der Waals surface area contributed by atoms with Crippen molar-refractivity contribution >= 4 is 28.6 Å². The van der Waals surface area contributed by atoms with Crippen LogP contribution in [0.25, 0.3) is 22.4 Å². The van der Waals surface area contributed by atoms with Gasteiger partial charge in [-0.3, -0.25) is 9.59 Å². The Balaban J connectivity index is 1.82.